The maximum absolute atomic E-state index is 12.8. The first kappa shape index (κ1) is 23.8. The predicted molar refractivity (Wildman–Crippen MR) is 147 cm³/mol. The largest absolute Gasteiger partial charge is 0.369 e. The lowest BCUT2D eigenvalue weighted by atomic mass is 9.83. The quantitative estimate of drug-likeness (QED) is 0.567. The number of benzene rings is 3. The number of carbonyl (C=O) groups excluding carboxylic acids is 1. The molecule has 0 aromatic heterocycles. The van der Waals surface area contributed by atoms with Gasteiger partial charge in [-0.2, -0.15) is 0 Å². The molecule has 180 valence electrons. The van der Waals surface area contributed by atoms with Crippen LogP contribution in [0, 0.1) is 5.92 Å². The Bertz CT molecular complexity index is 1420. The zero-order valence-electron chi connectivity index (χ0n) is 20.4. The van der Waals surface area contributed by atoms with Crippen LogP contribution >= 0.6 is 0 Å². The average Bonchev–Trinajstić information content (AvgIpc) is 3.27. The number of carbonyl (C=O) groups is 1. The van der Waals surface area contributed by atoms with Crippen LogP contribution in [0.2, 0.25) is 0 Å². The van der Waals surface area contributed by atoms with Crippen molar-refractivity contribution in [3.05, 3.63) is 131 Å². The molecule has 0 bridgehead atoms. The number of Topliss-reactive ketones (excluding diaryl/α,β-unsaturated/α-hetero) is 1. The smallest absolute Gasteiger partial charge is 0.165 e. The van der Waals surface area contributed by atoms with Crippen molar-refractivity contribution < 1.29 is 9.53 Å². The van der Waals surface area contributed by atoms with Gasteiger partial charge in [0.05, 0.1) is 6.61 Å². The lowest BCUT2D eigenvalue weighted by Crippen LogP contribution is -2.37. The summed E-state index contributed by atoms with van der Waals surface area (Å²) in [5, 5.41) is 5.47. The van der Waals surface area contributed by atoms with Gasteiger partial charge in [0.25, 0.3) is 0 Å². The minimum Gasteiger partial charge on any atom is -0.369 e. The number of hydrogen-bond acceptors (Lipinski definition) is 3. The maximum Gasteiger partial charge on any atom is 0.165 e. The zero-order chi connectivity index (χ0) is 24.6. The molecular formula is C33H31NO2. The standard InChI is InChI=1S/C27H24O2.C6H7N/c28-27(18-29-17-19-6-2-1-3-7-19)22-11-10-21-13-14-24-23-9-5-4-8-20(23)12-15-25(24)26(21)16-22;1-2-4-6-7-5-3-1/h1-9,13-16,22H,10-12,17-18H2;1-7H. The monoisotopic (exact) mass is 473 g/mol. The van der Waals surface area contributed by atoms with Crippen LogP contribution in [-0.2, 0) is 29.0 Å². The van der Waals surface area contributed by atoms with Crippen molar-refractivity contribution in [2.24, 2.45) is 5.92 Å². The summed E-state index contributed by atoms with van der Waals surface area (Å²) in [6, 6.07) is 23.1. The first-order chi connectivity index (χ1) is 17.8. The molecule has 3 aromatic rings. The molecule has 3 aromatic carbocycles. The van der Waals surface area contributed by atoms with Crippen LogP contribution in [0.5, 0.6) is 0 Å². The van der Waals surface area contributed by atoms with Gasteiger partial charge in [0, 0.05) is 18.3 Å². The highest BCUT2D eigenvalue weighted by molar-refractivity contribution is 5.88. The van der Waals surface area contributed by atoms with E-state index in [0.29, 0.717) is 6.61 Å². The fraction of sp³-hybridized carbons (Fsp3) is 0.182. The van der Waals surface area contributed by atoms with Gasteiger partial charge in [-0.3, -0.25) is 4.79 Å². The Morgan fingerprint density at radius 2 is 1.58 bits per heavy atom. The van der Waals surface area contributed by atoms with Gasteiger partial charge in [-0.1, -0.05) is 91.0 Å². The summed E-state index contributed by atoms with van der Waals surface area (Å²) >= 11 is 0. The van der Waals surface area contributed by atoms with E-state index in [0.717, 1.165) is 24.8 Å². The Hall–Kier alpha value is -3.95. The molecule has 1 aliphatic heterocycles. The van der Waals surface area contributed by atoms with Crippen LogP contribution in [-0.4, -0.2) is 12.4 Å². The number of aryl methyl sites for hydroxylation is 1. The molecule has 1 atom stereocenters. The van der Waals surface area contributed by atoms with E-state index in [9.17, 15) is 4.79 Å². The number of hydrogen-bond donors (Lipinski definition) is 1. The second-order valence-corrected chi connectivity index (χ2v) is 9.19. The summed E-state index contributed by atoms with van der Waals surface area (Å²) < 4.78 is 5.70. The molecule has 0 amide bonds. The molecule has 0 radical (unpaired) electrons. The Labute approximate surface area is 212 Å². The van der Waals surface area contributed by atoms with Gasteiger partial charge < -0.3 is 10.1 Å². The molecule has 0 fully saturated rings. The summed E-state index contributed by atoms with van der Waals surface area (Å²) in [6.45, 7) is 0.656. The van der Waals surface area contributed by atoms with E-state index in [-0.39, 0.29) is 18.3 Å². The fourth-order valence-electron chi connectivity index (χ4n) is 4.93. The van der Waals surface area contributed by atoms with Crippen LogP contribution < -0.4 is 15.8 Å². The summed E-state index contributed by atoms with van der Waals surface area (Å²) in [4.78, 5) is 12.8. The number of allylic oxidation sites excluding steroid dienone is 4. The van der Waals surface area contributed by atoms with Crippen molar-refractivity contribution in [3.63, 3.8) is 0 Å². The van der Waals surface area contributed by atoms with Crippen LogP contribution in [0.15, 0.2) is 103 Å². The molecule has 36 heavy (non-hydrogen) atoms. The van der Waals surface area contributed by atoms with Crippen molar-refractivity contribution >= 4 is 17.9 Å². The molecule has 6 rings (SSSR count). The molecule has 0 spiro atoms. The van der Waals surface area contributed by atoms with Crippen molar-refractivity contribution in [1.82, 2.24) is 5.32 Å². The first-order valence-corrected chi connectivity index (χ1v) is 12.6. The van der Waals surface area contributed by atoms with Crippen molar-refractivity contribution in [2.45, 2.75) is 25.9 Å². The van der Waals surface area contributed by atoms with Gasteiger partial charge in [0.15, 0.2) is 5.78 Å². The third kappa shape index (κ3) is 5.64. The Morgan fingerprint density at radius 1 is 0.806 bits per heavy atom. The minimum absolute atomic E-state index is 0.0599. The fourth-order valence-corrected chi connectivity index (χ4v) is 4.93. The minimum atomic E-state index is -0.0599. The van der Waals surface area contributed by atoms with Crippen LogP contribution in [0.4, 0.5) is 0 Å². The topological polar surface area (TPSA) is 38.3 Å². The van der Waals surface area contributed by atoms with Gasteiger partial charge in [0.1, 0.15) is 6.61 Å². The van der Waals surface area contributed by atoms with Crippen LogP contribution in [0.1, 0.15) is 23.1 Å². The SMILES string of the molecule is C1=CC=CNC=C1.O=C(COCc1ccccc1)C1C=c2c(ccc3c2=CCc2ccccc2-3)CC1. The van der Waals surface area contributed by atoms with Gasteiger partial charge in [-0.25, -0.2) is 0 Å². The summed E-state index contributed by atoms with van der Waals surface area (Å²) in [5.74, 6) is 0.121. The van der Waals surface area contributed by atoms with Gasteiger partial charge in [-0.15, -0.1) is 0 Å². The number of rotatable bonds is 5. The third-order valence-electron chi connectivity index (χ3n) is 6.79. The molecule has 0 saturated heterocycles. The molecule has 0 saturated carbocycles. The molecule has 1 N–H and O–H groups in total. The van der Waals surface area contributed by atoms with E-state index >= 15 is 0 Å². The maximum atomic E-state index is 12.8. The molecule has 3 aliphatic rings. The zero-order valence-corrected chi connectivity index (χ0v) is 20.4. The second kappa shape index (κ2) is 11.7. The summed E-state index contributed by atoms with van der Waals surface area (Å²) in [6.07, 6.45) is 18.9. The third-order valence-corrected chi connectivity index (χ3v) is 6.79. The molecule has 3 heteroatoms. The van der Waals surface area contributed by atoms with E-state index in [1.54, 1.807) is 0 Å². The normalized spacial score (nSPS) is 16.5. The van der Waals surface area contributed by atoms with Crippen molar-refractivity contribution in [3.8, 4) is 11.1 Å². The van der Waals surface area contributed by atoms with Crippen molar-refractivity contribution in [2.75, 3.05) is 6.61 Å². The highest BCUT2D eigenvalue weighted by Crippen LogP contribution is 2.25. The van der Waals surface area contributed by atoms with Gasteiger partial charge in [0.2, 0.25) is 0 Å². The molecule has 1 heterocycles. The lowest BCUT2D eigenvalue weighted by molar-refractivity contribution is -0.126. The average molecular weight is 474 g/mol. The molecule has 1 unspecified atom stereocenters. The van der Waals surface area contributed by atoms with Gasteiger partial charge >= 0.3 is 0 Å². The number of ketones is 1. The number of nitrogens with one attached hydrogen (secondary N) is 1. The lowest BCUT2D eigenvalue weighted by Gasteiger charge is -2.21. The summed E-state index contributed by atoms with van der Waals surface area (Å²) in [7, 11) is 0. The summed E-state index contributed by atoms with van der Waals surface area (Å²) in [5.41, 5.74) is 6.43. The van der Waals surface area contributed by atoms with Gasteiger partial charge in [-0.05, 0) is 69.7 Å². The predicted octanol–water partition coefficient (Wildman–Crippen LogP) is 4.99. The molecule has 2 aliphatic carbocycles. The number of fused-ring (bicyclic) bond motifs is 5. The van der Waals surface area contributed by atoms with E-state index in [2.05, 4.69) is 53.9 Å². The van der Waals surface area contributed by atoms with E-state index in [1.165, 1.54) is 32.7 Å². The van der Waals surface area contributed by atoms with Crippen LogP contribution in [0.3, 0.4) is 0 Å². The molecule has 3 nitrogen and oxygen atoms in total. The Kier molecular flexibility index (Phi) is 7.70. The Balaban J connectivity index is 0.000000330. The van der Waals surface area contributed by atoms with E-state index in [1.807, 2.05) is 67.0 Å². The second-order valence-electron chi connectivity index (χ2n) is 9.19. The first-order valence-electron chi connectivity index (χ1n) is 12.6. The van der Waals surface area contributed by atoms with Crippen LogP contribution in [0.25, 0.3) is 23.3 Å². The van der Waals surface area contributed by atoms with E-state index < -0.39 is 0 Å². The number of ether oxygens (including phenoxy) is 1. The highest BCUT2D eigenvalue weighted by atomic mass is 16.5. The molecular weight excluding hydrogens is 442 g/mol. The van der Waals surface area contributed by atoms with Crippen molar-refractivity contribution in [1.29, 1.82) is 0 Å². The highest BCUT2D eigenvalue weighted by Gasteiger charge is 2.22. The van der Waals surface area contributed by atoms with E-state index in [4.69, 9.17) is 4.74 Å². The Morgan fingerprint density at radius 3 is 2.42 bits per heavy atom.